The van der Waals surface area contributed by atoms with Crippen molar-refractivity contribution in [3.8, 4) is 0 Å². The Kier molecular flexibility index (Phi) is 2.97. The zero-order valence-corrected chi connectivity index (χ0v) is 13.1. The van der Waals surface area contributed by atoms with Crippen molar-refractivity contribution < 1.29 is 8.42 Å². The highest BCUT2D eigenvalue weighted by molar-refractivity contribution is 7.89. The third-order valence-corrected chi connectivity index (χ3v) is 7.54. The van der Waals surface area contributed by atoms with Gasteiger partial charge in [-0.15, -0.1) is 0 Å². The van der Waals surface area contributed by atoms with Crippen molar-refractivity contribution in [2.24, 2.45) is 29.4 Å². The maximum absolute atomic E-state index is 12.7. The van der Waals surface area contributed by atoms with Gasteiger partial charge in [0.25, 0.3) is 0 Å². The summed E-state index contributed by atoms with van der Waals surface area (Å²) in [6, 6.07) is 5.53. The van der Waals surface area contributed by atoms with Crippen LogP contribution in [0.25, 0.3) is 0 Å². The van der Waals surface area contributed by atoms with E-state index in [0.717, 1.165) is 23.0 Å². The van der Waals surface area contributed by atoms with Crippen molar-refractivity contribution in [3.63, 3.8) is 0 Å². The van der Waals surface area contributed by atoms with Crippen LogP contribution in [0.15, 0.2) is 23.1 Å². The van der Waals surface area contributed by atoms with E-state index in [0.29, 0.717) is 23.3 Å². The topological polar surface area (TPSA) is 72.2 Å². The zero-order chi connectivity index (χ0) is 14.8. The molecule has 3 aliphatic rings. The van der Waals surface area contributed by atoms with Crippen LogP contribution in [0.2, 0.25) is 0 Å². The summed E-state index contributed by atoms with van der Waals surface area (Å²) >= 11 is 0. The highest BCUT2D eigenvalue weighted by atomic mass is 32.2. The fourth-order valence-corrected chi connectivity index (χ4v) is 6.49. The Bertz CT molecular complexity index is 670. The van der Waals surface area contributed by atoms with Gasteiger partial charge in [-0.3, -0.25) is 0 Å². The highest BCUT2D eigenvalue weighted by Crippen LogP contribution is 2.65. The van der Waals surface area contributed by atoms with Gasteiger partial charge in [-0.25, -0.2) is 13.1 Å². The predicted octanol–water partition coefficient (Wildman–Crippen LogP) is 1.78. The summed E-state index contributed by atoms with van der Waals surface area (Å²) in [7, 11) is -3.43. The minimum atomic E-state index is -3.43. The molecule has 0 saturated heterocycles. The fourth-order valence-electron chi connectivity index (χ4n) is 4.90. The maximum Gasteiger partial charge on any atom is 0.241 e. The summed E-state index contributed by atoms with van der Waals surface area (Å²) < 4.78 is 28.3. The average Bonchev–Trinajstić information content (AvgIpc) is 2.85. The van der Waals surface area contributed by atoms with Gasteiger partial charge in [0.1, 0.15) is 0 Å². The van der Waals surface area contributed by atoms with Crippen LogP contribution < -0.4 is 10.5 Å². The van der Waals surface area contributed by atoms with Crippen LogP contribution in [0.1, 0.15) is 30.4 Å². The van der Waals surface area contributed by atoms with Crippen molar-refractivity contribution in [1.82, 2.24) is 4.72 Å². The molecule has 4 rings (SSSR count). The van der Waals surface area contributed by atoms with E-state index in [-0.39, 0.29) is 6.04 Å². The summed E-state index contributed by atoms with van der Waals surface area (Å²) in [5.41, 5.74) is 7.36. The third kappa shape index (κ3) is 1.98. The van der Waals surface area contributed by atoms with Gasteiger partial charge in [0.05, 0.1) is 4.90 Å². The Morgan fingerprint density at radius 2 is 1.90 bits per heavy atom. The van der Waals surface area contributed by atoms with E-state index in [4.69, 9.17) is 5.73 Å². The quantitative estimate of drug-likeness (QED) is 0.890. The molecule has 0 aliphatic heterocycles. The first-order valence-corrected chi connectivity index (χ1v) is 9.32. The molecule has 114 valence electrons. The van der Waals surface area contributed by atoms with Crippen LogP contribution in [0.3, 0.4) is 0 Å². The zero-order valence-electron chi connectivity index (χ0n) is 12.2. The monoisotopic (exact) mass is 306 g/mol. The maximum atomic E-state index is 12.7. The van der Waals surface area contributed by atoms with Crippen LogP contribution in [0.5, 0.6) is 0 Å². The van der Waals surface area contributed by atoms with Gasteiger partial charge < -0.3 is 5.73 Å². The molecule has 3 fully saturated rings. The second-order valence-electron chi connectivity index (χ2n) is 6.88. The van der Waals surface area contributed by atoms with Crippen molar-refractivity contribution in [2.45, 2.75) is 43.7 Å². The van der Waals surface area contributed by atoms with E-state index in [1.807, 2.05) is 13.0 Å². The Morgan fingerprint density at radius 3 is 2.52 bits per heavy atom. The Hall–Kier alpha value is -0.910. The van der Waals surface area contributed by atoms with Gasteiger partial charge in [-0.2, -0.15) is 0 Å². The number of rotatable bonds is 4. The number of sulfonamides is 1. The number of benzene rings is 1. The molecule has 1 aromatic carbocycles. The molecular formula is C16H22N2O2S. The smallest absolute Gasteiger partial charge is 0.241 e. The fraction of sp³-hybridized carbons (Fsp3) is 0.625. The number of hydrogen-bond acceptors (Lipinski definition) is 3. The standard InChI is InChI=1S/C16H22N2O2S/c1-9-12(8-17)3-2-4-13(9)21(19,20)18-16-14-10-5-6-11(7-10)15(14)16/h2-4,10-11,14-16,18H,5-8,17H2,1H3. The number of fused-ring (bicyclic) bond motifs is 5. The van der Waals surface area contributed by atoms with E-state index >= 15 is 0 Å². The molecular weight excluding hydrogens is 284 g/mol. The van der Waals surface area contributed by atoms with E-state index in [1.165, 1.54) is 19.3 Å². The minimum absolute atomic E-state index is 0.183. The summed E-state index contributed by atoms with van der Waals surface area (Å²) in [6.07, 6.45) is 3.92. The molecule has 21 heavy (non-hydrogen) atoms. The molecule has 0 heterocycles. The molecule has 4 unspecified atom stereocenters. The van der Waals surface area contributed by atoms with Crippen molar-refractivity contribution in [1.29, 1.82) is 0 Å². The third-order valence-electron chi connectivity index (χ3n) is 5.93. The molecule has 4 atom stereocenters. The molecule has 3 aliphatic carbocycles. The average molecular weight is 306 g/mol. The molecule has 4 nitrogen and oxygen atoms in total. The number of hydrogen-bond donors (Lipinski definition) is 2. The largest absolute Gasteiger partial charge is 0.326 e. The predicted molar refractivity (Wildman–Crippen MR) is 81.0 cm³/mol. The van der Waals surface area contributed by atoms with E-state index in [2.05, 4.69) is 4.72 Å². The highest BCUT2D eigenvalue weighted by Gasteiger charge is 2.65. The van der Waals surface area contributed by atoms with Crippen molar-refractivity contribution in [2.75, 3.05) is 0 Å². The lowest BCUT2D eigenvalue weighted by atomic mass is 10.0. The Balaban J connectivity index is 1.58. The van der Waals surface area contributed by atoms with Gasteiger partial charge in [0.2, 0.25) is 10.0 Å². The van der Waals surface area contributed by atoms with Crippen LogP contribution >= 0.6 is 0 Å². The van der Waals surface area contributed by atoms with Gasteiger partial charge in [-0.1, -0.05) is 12.1 Å². The van der Waals surface area contributed by atoms with E-state index in [1.54, 1.807) is 12.1 Å². The molecule has 3 saturated carbocycles. The summed E-state index contributed by atoms with van der Waals surface area (Å²) in [5.74, 6) is 2.75. The lowest BCUT2D eigenvalue weighted by Crippen LogP contribution is -2.30. The van der Waals surface area contributed by atoms with Gasteiger partial charge >= 0.3 is 0 Å². The van der Waals surface area contributed by atoms with Crippen LogP contribution in [-0.4, -0.2) is 14.5 Å². The Labute approximate surface area is 126 Å². The molecule has 0 aromatic heterocycles. The molecule has 2 bridgehead atoms. The molecule has 5 heteroatoms. The summed E-state index contributed by atoms with van der Waals surface area (Å²) in [5, 5.41) is 0. The number of nitrogens with one attached hydrogen (secondary N) is 1. The summed E-state index contributed by atoms with van der Waals surface area (Å²) in [4.78, 5) is 0.391. The second-order valence-corrected chi connectivity index (χ2v) is 8.56. The van der Waals surface area contributed by atoms with Gasteiger partial charge in [-0.05, 0) is 67.1 Å². The van der Waals surface area contributed by atoms with Crippen LogP contribution in [-0.2, 0) is 16.6 Å². The van der Waals surface area contributed by atoms with Crippen LogP contribution in [0, 0.1) is 30.6 Å². The first kappa shape index (κ1) is 13.7. The van der Waals surface area contributed by atoms with Crippen molar-refractivity contribution in [3.05, 3.63) is 29.3 Å². The second kappa shape index (κ2) is 4.54. The van der Waals surface area contributed by atoms with E-state index < -0.39 is 10.0 Å². The normalized spacial score (nSPS) is 36.8. The first-order valence-electron chi connectivity index (χ1n) is 7.84. The molecule has 0 amide bonds. The lowest BCUT2D eigenvalue weighted by Gasteiger charge is -2.14. The molecule has 3 N–H and O–H groups in total. The van der Waals surface area contributed by atoms with Crippen LogP contribution in [0.4, 0.5) is 0 Å². The minimum Gasteiger partial charge on any atom is -0.326 e. The van der Waals surface area contributed by atoms with Gasteiger partial charge in [0, 0.05) is 12.6 Å². The van der Waals surface area contributed by atoms with Gasteiger partial charge in [0.15, 0.2) is 0 Å². The number of nitrogens with two attached hydrogens (primary N) is 1. The first-order chi connectivity index (χ1) is 10.0. The molecule has 0 radical (unpaired) electrons. The Morgan fingerprint density at radius 1 is 1.24 bits per heavy atom. The van der Waals surface area contributed by atoms with Crippen molar-refractivity contribution >= 4 is 10.0 Å². The SMILES string of the molecule is Cc1c(CN)cccc1S(=O)(=O)NC1C2C3CCC(C3)C12. The summed E-state index contributed by atoms with van der Waals surface area (Å²) in [6.45, 7) is 2.21. The lowest BCUT2D eigenvalue weighted by molar-refractivity contribution is 0.456. The molecule has 1 aromatic rings. The van der Waals surface area contributed by atoms with E-state index in [9.17, 15) is 8.42 Å². The molecule has 0 spiro atoms.